The minimum atomic E-state index is -3.88. The Hall–Kier alpha value is -2.02. The van der Waals surface area contributed by atoms with Crippen LogP contribution in [0.3, 0.4) is 0 Å². The van der Waals surface area contributed by atoms with E-state index < -0.39 is 29.9 Å². The first-order chi connectivity index (χ1) is 10.3. The zero-order chi connectivity index (χ0) is 16.4. The van der Waals surface area contributed by atoms with E-state index in [1.54, 1.807) is 30.3 Å². The van der Waals surface area contributed by atoms with Crippen LogP contribution in [0.1, 0.15) is 19.3 Å². The van der Waals surface area contributed by atoms with Crippen molar-refractivity contribution >= 4 is 17.5 Å². The Labute approximate surface area is 126 Å². The normalized spacial score (nSPS) is 16.5. The molecule has 1 aliphatic rings. The van der Waals surface area contributed by atoms with Crippen LogP contribution in [0.25, 0.3) is 0 Å². The van der Waals surface area contributed by atoms with Crippen molar-refractivity contribution in [3.05, 3.63) is 30.3 Å². The smallest absolute Gasteiger partial charge is 0.352 e. The second kappa shape index (κ2) is 6.00. The largest absolute Gasteiger partial charge is 0.383 e. The number of anilines is 1. The fourth-order valence-corrected chi connectivity index (χ4v) is 2.27. The number of benzene rings is 1. The van der Waals surface area contributed by atoms with Crippen LogP contribution >= 0.6 is 0 Å². The third kappa shape index (κ3) is 3.09. The van der Waals surface area contributed by atoms with Gasteiger partial charge in [0.2, 0.25) is 5.91 Å². The van der Waals surface area contributed by atoms with Crippen LogP contribution in [0.4, 0.5) is 14.5 Å². The number of halogens is 2. The Bertz CT molecular complexity index is 559. The van der Waals surface area contributed by atoms with Crippen LogP contribution in [0.15, 0.2) is 30.3 Å². The van der Waals surface area contributed by atoms with Gasteiger partial charge >= 0.3 is 5.92 Å². The van der Waals surface area contributed by atoms with Gasteiger partial charge in [-0.1, -0.05) is 18.2 Å². The number of hydrogen-bond donors (Lipinski definition) is 2. The van der Waals surface area contributed by atoms with Gasteiger partial charge in [0, 0.05) is 12.7 Å². The molecule has 2 N–H and O–H groups in total. The van der Waals surface area contributed by atoms with Gasteiger partial charge < -0.3 is 15.3 Å². The van der Waals surface area contributed by atoms with E-state index in [1.807, 2.05) is 0 Å². The lowest BCUT2D eigenvalue weighted by Crippen LogP contribution is -2.61. The summed E-state index contributed by atoms with van der Waals surface area (Å²) in [4.78, 5) is 24.2. The predicted molar refractivity (Wildman–Crippen MR) is 76.5 cm³/mol. The molecule has 0 aliphatic heterocycles. The molecule has 0 saturated heterocycles. The summed E-state index contributed by atoms with van der Waals surface area (Å²) in [5.74, 6) is -6.01. The average Bonchev–Trinajstić information content (AvgIpc) is 2.44. The molecule has 5 nitrogen and oxygen atoms in total. The van der Waals surface area contributed by atoms with E-state index in [0.29, 0.717) is 17.0 Å². The second-order valence-electron chi connectivity index (χ2n) is 5.53. The van der Waals surface area contributed by atoms with Crippen LogP contribution in [0.5, 0.6) is 0 Å². The predicted octanol–water partition coefficient (Wildman–Crippen LogP) is 1.63. The quantitative estimate of drug-likeness (QED) is 0.868. The van der Waals surface area contributed by atoms with Crippen molar-refractivity contribution in [2.75, 3.05) is 18.9 Å². The van der Waals surface area contributed by atoms with Gasteiger partial charge in [-0.2, -0.15) is 8.78 Å². The molecule has 0 atom stereocenters. The summed E-state index contributed by atoms with van der Waals surface area (Å²) in [6.45, 7) is -0.514. The molecule has 2 rings (SSSR count). The van der Waals surface area contributed by atoms with E-state index in [-0.39, 0.29) is 12.8 Å². The third-order valence-corrected chi connectivity index (χ3v) is 3.82. The molecule has 0 bridgehead atoms. The van der Waals surface area contributed by atoms with E-state index in [2.05, 4.69) is 5.32 Å². The summed E-state index contributed by atoms with van der Waals surface area (Å²) in [7, 11) is 1.11. The first-order valence-corrected chi connectivity index (χ1v) is 6.97. The van der Waals surface area contributed by atoms with Crippen molar-refractivity contribution in [1.29, 1.82) is 0 Å². The van der Waals surface area contributed by atoms with Crippen LogP contribution in [0.2, 0.25) is 0 Å². The lowest BCUT2D eigenvalue weighted by atomic mass is 9.75. The third-order valence-electron chi connectivity index (χ3n) is 3.82. The van der Waals surface area contributed by atoms with Crippen molar-refractivity contribution in [2.24, 2.45) is 0 Å². The Kier molecular flexibility index (Phi) is 4.46. The number of alkyl halides is 2. The Morgan fingerprint density at radius 3 is 2.41 bits per heavy atom. The van der Waals surface area contributed by atoms with Gasteiger partial charge in [0.15, 0.2) is 0 Å². The SMILES string of the molecule is CN(CC(=O)Nc1ccccc1)C(=O)C(F)(F)C1(O)CCC1. The molecule has 1 aromatic rings. The van der Waals surface area contributed by atoms with Gasteiger partial charge in [0.05, 0.1) is 6.54 Å². The van der Waals surface area contributed by atoms with Crippen molar-refractivity contribution in [2.45, 2.75) is 30.8 Å². The Balaban J connectivity index is 1.95. The van der Waals surface area contributed by atoms with Gasteiger partial charge in [0.1, 0.15) is 5.60 Å². The summed E-state index contributed by atoms with van der Waals surface area (Å²) in [5, 5.41) is 12.2. The molecule has 1 aliphatic carbocycles. The number of aliphatic hydroxyl groups is 1. The number of carbonyl (C=O) groups is 2. The standard InChI is InChI=1S/C15H18F2N2O3/c1-19(10-12(20)18-11-6-3-2-4-7-11)13(21)15(16,17)14(22)8-5-9-14/h2-4,6-7,22H,5,8-10H2,1H3,(H,18,20). The number of rotatable bonds is 5. The van der Waals surface area contributed by atoms with E-state index >= 15 is 0 Å². The van der Waals surface area contributed by atoms with E-state index in [1.165, 1.54) is 0 Å². The molecule has 22 heavy (non-hydrogen) atoms. The zero-order valence-corrected chi connectivity index (χ0v) is 12.2. The van der Waals surface area contributed by atoms with Crippen molar-refractivity contribution in [3.8, 4) is 0 Å². The fourth-order valence-electron chi connectivity index (χ4n) is 2.27. The fraction of sp³-hybridized carbons (Fsp3) is 0.467. The minimum absolute atomic E-state index is 0.115. The molecule has 1 aromatic carbocycles. The first kappa shape index (κ1) is 16.4. The molecular formula is C15H18F2N2O3. The summed E-state index contributed by atoms with van der Waals surface area (Å²) in [6, 6.07) is 8.48. The highest BCUT2D eigenvalue weighted by atomic mass is 19.3. The molecule has 1 fully saturated rings. The second-order valence-corrected chi connectivity index (χ2v) is 5.53. The molecule has 7 heteroatoms. The van der Waals surface area contributed by atoms with Gasteiger partial charge in [-0.15, -0.1) is 0 Å². The van der Waals surface area contributed by atoms with Crippen molar-refractivity contribution in [3.63, 3.8) is 0 Å². The van der Waals surface area contributed by atoms with Gasteiger partial charge in [-0.25, -0.2) is 0 Å². The van der Waals surface area contributed by atoms with Crippen LogP contribution in [0, 0.1) is 0 Å². The minimum Gasteiger partial charge on any atom is -0.383 e. The number of para-hydroxylation sites is 1. The van der Waals surface area contributed by atoms with Crippen LogP contribution < -0.4 is 5.32 Å². The highest BCUT2D eigenvalue weighted by molar-refractivity contribution is 5.95. The van der Waals surface area contributed by atoms with Crippen molar-refractivity contribution < 1.29 is 23.5 Å². The van der Waals surface area contributed by atoms with E-state index in [4.69, 9.17) is 0 Å². The lowest BCUT2D eigenvalue weighted by Gasteiger charge is -2.42. The van der Waals surface area contributed by atoms with Gasteiger partial charge in [-0.3, -0.25) is 9.59 Å². The average molecular weight is 312 g/mol. The zero-order valence-electron chi connectivity index (χ0n) is 12.2. The number of carbonyl (C=O) groups excluding carboxylic acids is 2. The monoisotopic (exact) mass is 312 g/mol. The van der Waals surface area contributed by atoms with Gasteiger partial charge in [-0.05, 0) is 31.4 Å². The number of amides is 2. The highest BCUT2D eigenvalue weighted by Gasteiger charge is 2.62. The highest BCUT2D eigenvalue weighted by Crippen LogP contribution is 2.44. The van der Waals surface area contributed by atoms with Crippen LogP contribution in [-0.2, 0) is 9.59 Å². The topological polar surface area (TPSA) is 69.6 Å². The first-order valence-electron chi connectivity index (χ1n) is 6.97. The van der Waals surface area contributed by atoms with Crippen LogP contribution in [-0.4, -0.2) is 46.9 Å². The number of likely N-dealkylation sites (N-methyl/N-ethyl adjacent to an activating group) is 1. The molecule has 0 heterocycles. The maximum atomic E-state index is 14.0. The molecule has 0 spiro atoms. The van der Waals surface area contributed by atoms with Crippen molar-refractivity contribution in [1.82, 2.24) is 4.90 Å². The Morgan fingerprint density at radius 2 is 1.91 bits per heavy atom. The molecule has 2 amide bonds. The summed E-state index contributed by atoms with van der Waals surface area (Å²) < 4.78 is 28.0. The Morgan fingerprint density at radius 1 is 1.32 bits per heavy atom. The van der Waals surface area contributed by atoms with E-state index in [0.717, 1.165) is 7.05 Å². The molecule has 1 saturated carbocycles. The summed E-state index contributed by atoms with van der Waals surface area (Å²) in [5.41, 5.74) is -1.77. The molecule has 0 radical (unpaired) electrons. The maximum Gasteiger partial charge on any atom is 0.352 e. The molecular weight excluding hydrogens is 294 g/mol. The lowest BCUT2D eigenvalue weighted by molar-refractivity contribution is -0.222. The molecule has 120 valence electrons. The van der Waals surface area contributed by atoms with E-state index in [9.17, 15) is 23.5 Å². The summed E-state index contributed by atoms with van der Waals surface area (Å²) in [6.07, 6.45) is 0.225. The summed E-state index contributed by atoms with van der Waals surface area (Å²) >= 11 is 0. The van der Waals surface area contributed by atoms with Gasteiger partial charge in [0.25, 0.3) is 5.91 Å². The molecule has 0 unspecified atom stereocenters. The number of nitrogens with zero attached hydrogens (tertiary/aromatic N) is 1. The maximum absolute atomic E-state index is 14.0. The number of nitrogens with one attached hydrogen (secondary N) is 1. The molecule has 0 aromatic heterocycles. The number of hydrogen-bond acceptors (Lipinski definition) is 3.